The third-order valence-corrected chi connectivity index (χ3v) is 5.06. The minimum Gasteiger partial charge on any atom is -0.347 e. The Balaban J connectivity index is 1.68. The van der Waals surface area contributed by atoms with E-state index in [0.717, 1.165) is 27.4 Å². The largest absolute Gasteiger partial charge is 0.347 e. The SMILES string of the molecule is Cc1cccc(-n2nc(-c3cccs3)cc2C(=O)NCc2ccncc2)c1. The predicted octanol–water partition coefficient (Wildman–Crippen LogP) is 4.23. The first-order valence-electron chi connectivity index (χ1n) is 8.59. The molecule has 0 spiro atoms. The first-order valence-corrected chi connectivity index (χ1v) is 9.47. The maximum absolute atomic E-state index is 12.9. The summed E-state index contributed by atoms with van der Waals surface area (Å²) in [5.74, 6) is -0.163. The molecule has 4 aromatic rings. The van der Waals surface area contributed by atoms with Crippen molar-refractivity contribution in [1.29, 1.82) is 0 Å². The van der Waals surface area contributed by atoms with Crippen molar-refractivity contribution in [2.75, 3.05) is 0 Å². The van der Waals surface area contributed by atoms with E-state index in [0.29, 0.717) is 12.2 Å². The number of nitrogens with one attached hydrogen (secondary N) is 1. The molecule has 0 fully saturated rings. The lowest BCUT2D eigenvalue weighted by Crippen LogP contribution is -2.25. The molecule has 0 saturated heterocycles. The van der Waals surface area contributed by atoms with E-state index in [2.05, 4.69) is 10.3 Å². The fourth-order valence-corrected chi connectivity index (χ4v) is 3.50. The second-order valence-corrected chi connectivity index (χ2v) is 7.13. The number of hydrogen-bond donors (Lipinski definition) is 1. The fraction of sp³-hybridized carbons (Fsp3) is 0.0952. The number of aryl methyl sites for hydroxylation is 1. The van der Waals surface area contributed by atoms with E-state index < -0.39 is 0 Å². The summed E-state index contributed by atoms with van der Waals surface area (Å²) in [5.41, 5.74) is 4.28. The summed E-state index contributed by atoms with van der Waals surface area (Å²) in [6, 6.07) is 17.6. The number of nitrogens with zero attached hydrogens (tertiary/aromatic N) is 3. The van der Waals surface area contributed by atoms with Crippen LogP contribution in [0.1, 0.15) is 21.6 Å². The molecule has 5 nitrogen and oxygen atoms in total. The summed E-state index contributed by atoms with van der Waals surface area (Å²) in [6.07, 6.45) is 3.43. The monoisotopic (exact) mass is 374 g/mol. The molecule has 0 saturated carbocycles. The van der Waals surface area contributed by atoms with E-state index >= 15 is 0 Å². The van der Waals surface area contributed by atoms with Gasteiger partial charge in [-0.1, -0.05) is 18.2 Å². The van der Waals surface area contributed by atoms with Crippen molar-refractivity contribution >= 4 is 17.2 Å². The zero-order valence-corrected chi connectivity index (χ0v) is 15.6. The molecular formula is C21H18N4OS. The molecule has 27 heavy (non-hydrogen) atoms. The van der Waals surface area contributed by atoms with E-state index in [-0.39, 0.29) is 5.91 Å². The van der Waals surface area contributed by atoms with Crippen LogP contribution >= 0.6 is 11.3 Å². The Labute approximate surface area is 161 Å². The third kappa shape index (κ3) is 3.80. The van der Waals surface area contributed by atoms with E-state index in [4.69, 9.17) is 5.10 Å². The molecule has 0 atom stereocenters. The van der Waals surface area contributed by atoms with Crippen LogP contribution in [0.2, 0.25) is 0 Å². The quantitative estimate of drug-likeness (QED) is 0.569. The van der Waals surface area contributed by atoms with Crippen LogP contribution < -0.4 is 5.32 Å². The van der Waals surface area contributed by atoms with E-state index in [1.807, 2.05) is 66.9 Å². The van der Waals surface area contributed by atoms with Crippen molar-refractivity contribution in [3.63, 3.8) is 0 Å². The van der Waals surface area contributed by atoms with Crippen LogP contribution in [0.15, 0.2) is 72.4 Å². The van der Waals surface area contributed by atoms with Gasteiger partial charge in [-0.05, 0) is 59.8 Å². The summed E-state index contributed by atoms with van der Waals surface area (Å²) in [7, 11) is 0. The Morgan fingerprint density at radius 3 is 2.70 bits per heavy atom. The highest BCUT2D eigenvalue weighted by atomic mass is 32.1. The van der Waals surface area contributed by atoms with Crippen molar-refractivity contribution in [1.82, 2.24) is 20.1 Å². The van der Waals surface area contributed by atoms with Gasteiger partial charge in [0.25, 0.3) is 5.91 Å². The molecule has 0 aliphatic rings. The van der Waals surface area contributed by atoms with Gasteiger partial charge in [0.1, 0.15) is 11.4 Å². The van der Waals surface area contributed by atoms with Gasteiger partial charge in [-0.3, -0.25) is 9.78 Å². The number of carbonyl (C=O) groups is 1. The summed E-state index contributed by atoms with van der Waals surface area (Å²) in [4.78, 5) is 17.9. The topological polar surface area (TPSA) is 59.8 Å². The molecule has 0 bridgehead atoms. The Morgan fingerprint density at radius 2 is 1.96 bits per heavy atom. The predicted molar refractivity (Wildman–Crippen MR) is 107 cm³/mol. The maximum Gasteiger partial charge on any atom is 0.270 e. The fourth-order valence-electron chi connectivity index (χ4n) is 2.82. The third-order valence-electron chi connectivity index (χ3n) is 4.16. The van der Waals surface area contributed by atoms with Crippen LogP contribution in [0.4, 0.5) is 0 Å². The first kappa shape index (κ1) is 17.2. The lowest BCUT2D eigenvalue weighted by molar-refractivity contribution is 0.0943. The van der Waals surface area contributed by atoms with E-state index in [9.17, 15) is 4.79 Å². The van der Waals surface area contributed by atoms with Crippen molar-refractivity contribution in [3.05, 3.63) is 89.2 Å². The number of aromatic nitrogens is 3. The molecule has 1 amide bonds. The molecule has 0 unspecified atom stereocenters. The van der Waals surface area contributed by atoms with Crippen LogP contribution in [0.25, 0.3) is 16.3 Å². The average Bonchev–Trinajstić information content (AvgIpc) is 3.36. The van der Waals surface area contributed by atoms with Crippen molar-refractivity contribution in [3.8, 4) is 16.3 Å². The van der Waals surface area contributed by atoms with Crippen molar-refractivity contribution in [2.45, 2.75) is 13.5 Å². The molecule has 0 aliphatic heterocycles. The summed E-state index contributed by atoms with van der Waals surface area (Å²) in [6.45, 7) is 2.46. The average molecular weight is 374 g/mol. The van der Waals surface area contributed by atoms with Crippen LogP contribution in [0.3, 0.4) is 0 Å². The summed E-state index contributed by atoms with van der Waals surface area (Å²) in [5, 5.41) is 9.68. The van der Waals surface area contributed by atoms with Crippen LogP contribution in [-0.2, 0) is 6.54 Å². The molecule has 0 radical (unpaired) electrons. The number of benzene rings is 1. The van der Waals surface area contributed by atoms with Gasteiger partial charge >= 0.3 is 0 Å². The molecule has 1 aromatic carbocycles. The maximum atomic E-state index is 12.9. The highest BCUT2D eigenvalue weighted by molar-refractivity contribution is 7.13. The number of carbonyl (C=O) groups excluding carboxylic acids is 1. The number of rotatable bonds is 5. The number of pyridine rings is 1. The van der Waals surface area contributed by atoms with Crippen LogP contribution in [0.5, 0.6) is 0 Å². The Morgan fingerprint density at radius 1 is 1.11 bits per heavy atom. The first-order chi connectivity index (χ1) is 13.2. The van der Waals surface area contributed by atoms with Gasteiger partial charge in [0, 0.05) is 18.9 Å². The zero-order valence-electron chi connectivity index (χ0n) is 14.8. The van der Waals surface area contributed by atoms with E-state index in [1.54, 1.807) is 28.4 Å². The molecule has 3 aromatic heterocycles. The highest BCUT2D eigenvalue weighted by Gasteiger charge is 2.18. The molecule has 4 rings (SSSR count). The Bertz CT molecular complexity index is 1060. The lowest BCUT2D eigenvalue weighted by atomic mass is 10.2. The van der Waals surface area contributed by atoms with E-state index in [1.165, 1.54) is 0 Å². The van der Waals surface area contributed by atoms with Gasteiger partial charge in [-0.25, -0.2) is 4.68 Å². The molecule has 0 aliphatic carbocycles. The van der Waals surface area contributed by atoms with Gasteiger partial charge in [0.15, 0.2) is 0 Å². The smallest absolute Gasteiger partial charge is 0.270 e. The molecule has 6 heteroatoms. The van der Waals surface area contributed by atoms with Crippen molar-refractivity contribution in [2.24, 2.45) is 0 Å². The number of hydrogen-bond acceptors (Lipinski definition) is 4. The van der Waals surface area contributed by atoms with Crippen LogP contribution in [-0.4, -0.2) is 20.7 Å². The van der Waals surface area contributed by atoms with Gasteiger partial charge in [0.05, 0.1) is 10.6 Å². The molecule has 1 N–H and O–H groups in total. The van der Waals surface area contributed by atoms with Crippen LogP contribution in [0, 0.1) is 6.92 Å². The van der Waals surface area contributed by atoms with Gasteiger partial charge in [0.2, 0.25) is 0 Å². The lowest BCUT2D eigenvalue weighted by Gasteiger charge is -2.09. The normalized spacial score (nSPS) is 10.7. The second-order valence-electron chi connectivity index (χ2n) is 6.18. The van der Waals surface area contributed by atoms with Gasteiger partial charge in [-0.15, -0.1) is 11.3 Å². The molecule has 3 heterocycles. The summed E-state index contributed by atoms with van der Waals surface area (Å²) >= 11 is 1.60. The highest BCUT2D eigenvalue weighted by Crippen LogP contribution is 2.26. The van der Waals surface area contributed by atoms with Crippen molar-refractivity contribution < 1.29 is 4.79 Å². The Hall–Kier alpha value is -3.25. The molecule has 134 valence electrons. The van der Waals surface area contributed by atoms with Gasteiger partial charge in [-0.2, -0.15) is 5.10 Å². The summed E-state index contributed by atoms with van der Waals surface area (Å²) < 4.78 is 1.71. The van der Waals surface area contributed by atoms with Gasteiger partial charge < -0.3 is 5.32 Å². The minimum atomic E-state index is -0.163. The standard InChI is InChI=1S/C21H18N4OS/c1-15-4-2-5-17(12-15)25-19(13-18(24-25)20-6-3-11-27-20)21(26)23-14-16-7-9-22-10-8-16/h2-13H,14H2,1H3,(H,23,26). The second kappa shape index (κ2) is 7.55. The minimum absolute atomic E-state index is 0.163. The number of thiophene rings is 1. The number of amides is 1. The zero-order chi connectivity index (χ0) is 18.6. The molecular weight excluding hydrogens is 356 g/mol. The Kier molecular flexibility index (Phi) is 4.80.